The Labute approximate surface area is 122 Å². The summed E-state index contributed by atoms with van der Waals surface area (Å²) in [6, 6.07) is 2.93. The van der Waals surface area contributed by atoms with E-state index in [2.05, 4.69) is 10.6 Å². The number of amides is 1. The molecule has 1 aliphatic carbocycles. The van der Waals surface area contributed by atoms with Crippen LogP contribution in [0.4, 0.5) is 8.78 Å². The van der Waals surface area contributed by atoms with Crippen LogP contribution in [0.25, 0.3) is 0 Å². The second kappa shape index (κ2) is 6.85. The zero-order chi connectivity index (χ0) is 15.4. The third-order valence-electron chi connectivity index (χ3n) is 3.25. The molecule has 0 radical (unpaired) electrons. The predicted molar refractivity (Wildman–Crippen MR) is 75.0 cm³/mol. The number of rotatable bonds is 7. The number of carbonyl (C=O) groups excluding carboxylic acids is 1. The number of nitrogens with one attached hydrogen (secondary N) is 2. The van der Waals surface area contributed by atoms with E-state index in [1.807, 2.05) is 0 Å². The largest absolute Gasteiger partial charge is 0.475 e. The van der Waals surface area contributed by atoms with Crippen LogP contribution in [0.5, 0.6) is 5.75 Å². The van der Waals surface area contributed by atoms with Gasteiger partial charge in [0, 0.05) is 19.1 Å². The zero-order valence-electron chi connectivity index (χ0n) is 12.2. The SMILES string of the molecule is CCNC(=O)C(C)Oc1c(F)cc(CNC2CC2)cc1F. The Balaban J connectivity index is 2.03. The minimum absolute atomic E-state index is 0.407. The van der Waals surface area contributed by atoms with Crippen molar-refractivity contribution in [3.63, 3.8) is 0 Å². The summed E-state index contributed by atoms with van der Waals surface area (Å²) in [5.74, 6) is -2.50. The molecule has 1 amide bonds. The third kappa shape index (κ3) is 4.39. The van der Waals surface area contributed by atoms with Crippen LogP contribution in [0, 0.1) is 11.6 Å². The van der Waals surface area contributed by atoms with Gasteiger partial charge in [0.25, 0.3) is 5.91 Å². The molecule has 116 valence electrons. The second-order valence-corrected chi connectivity index (χ2v) is 5.20. The Morgan fingerprint density at radius 1 is 1.38 bits per heavy atom. The standard InChI is InChI=1S/C15H20F2N2O2/c1-3-18-15(20)9(2)21-14-12(16)6-10(7-13(14)17)8-19-11-4-5-11/h6-7,9,11,19H,3-5,8H2,1-2H3,(H,18,20). The number of likely N-dealkylation sites (N-methyl/N-ethyl adjacent to an activating group) is 1. The van der Waals surface area contributed by atoms with Crippen LogP contribution in [0.3, 0.4) is 0 Å². The molecule has 1 aromatic rings. The van der Waals surface area contributed by atoms with E-state index in [9.17, 15) is 13.6 Å². The molecule has 6 heteroatoms. The summed E-state index contributed by atoms with van der Waals surface area (Å²) in [7, 11) is 0. The first kappa shape index (κ1) is 15.7. The highest BCUT2D eigenvalue weighted by molar-refractivity contribution is 5.80. The molecule has 1 atom stereocenters. The number of ether oxygens (including phenoxy) is 1. The van der Waals surface area contributed by atoms with E-state index >= 15 is 0 Å². The zero-order valence-corrected chi connectivity index (χ0v) is 12.2. The fourth-order valence-corrected chi connectivity index (χ4v) is 1.92. The Bertz CT molecular complexity index is 495. The van der Waals surface area contributed by atoms with Crippen molar-refractivity contribution in [3.05, 3.63) is 29.3 Å². The first-order chi connectivity index (χ1) is 10.0. The molecule has 1 saturated carbocycles. The number of hydrogen-bond donors (Lipinski definition) is 2. The lowest BCUT2D eigenvalue weighted by Gasteiger charge is -2.16. The van der Waals surface area contributed by atoms with Gasteiger partial charge in [0.15, 0.2) is 23.5 Å². The van der Waals surface area contributed by atoms with Crippen LogP contribution in [-0.2, 0) is 11.3 Å². The molecule has 0 saturated heterocycles. The van der Waals surface area contributed by atoms with Crippen LogP contribution in [-0.4, -0.2) is 24.6 Å². The van der Waals surface area contributed by atoms with Crippen molar-refractivity contribution < 1.29 is 18.3 Å². The van der Waals surface area contributed by atoms with Crippen molar-refractivity contribution in [2.24, 2.45) is 0 Å². The molecule has 2 N–H and O–H groups in total. The van der Waals surface area contributed by atoms with Gasteiger partial charge in [-0.2, -0.15) is 0 Å². The minimum atomic E-state index is -0.954. The van der Waals surface area contributed by atoms with Crippen molar-refractivity contribution in [1.29, 1.82) is 0 Å². The highest BCUT2D eigenvalue weighted by Gasteiger charge is 2.22. The highest BCUT2D eigenvalue weighted by Crippen LogP contribution is 2.25. The maximum atomic E-state index is 13.9. The van der Waals surface area contributed by atoms with Crippen LogP contribution in [0.2, 0.25) is 0 Å². The van der Waals surface area contributed by atoms with Crippen LogP contribution >= 0.6 is 0 Å². The quantitative estimate of drug-likeness (QED) is 0.810. The van der Waals surface area contributed by atoms with Gasteiger partial charge in [-0.15, -0.1) is 0 Å². The van der Waals surface area contributed by atoms with Gasteiger partial charge < -0.3 is 15.4 Å². The number of benzene rings is 1. The summed E-state index contributed by atoms with van der Waals surface area (Å²) in [5, 5.41) is 5.72. The van der Waals surface area contributed by atoms with E-state index in [-0.39, 0.29) is 0 Å². The van der Waals surface area contributed by atoms with Gasteiger partial charge in [0.05, 0.1) is 0 Å². The average molecular weight is 298 g/mol. The van der Waals surface area contributed by atoms with E-state index in [0.29, 0.717) is 24.7 Å². The smallest absolute Gasteiger partial charge is 0.260 e. The van der Waals surface area contributed by atoms with E-state index in [1.54, 1.807) is 6.92 Å². The fraction of sp³-hybridized carbons (Fsp3) is 0.533. The summed E-state index contributed by atoms with van der Waals surface area (Å²) in [6.07, 6.45) is 1.26. The topological polar surface area (TPSA) is 50.4 Å². The molecule has 1 aliphatic rings. The van der Waals surface area contributed by atoms with Gasteiger partial charge in [-0.3, -0.25) is 4.79 Å². The fourth-order valence-electron chi connectivity index (χ4n) is 1.92. The molecule has 1 fully saturated rings. The van der Waals surface area contributed by atoms with Gasteiger partial charge >= 0.3 is 0 Å². The van der Waals surface area contributed by atoms with Crippen molar-refractivity contribution >= 4 is 5.91 Å². The molecule has 4 nitrogen and oxygen atoms in total. The number of halogens is 2. The Hall–Kier alpha value is -1.69. The van der Waals surface area contributed by atoms with Crippen molar-refractivity contribution in [2.45, 2.75) is 45.4 Å². The Kier molecular flexibility index (Phi) is 5.12. The molecule has 0 spiro atoms. The first-order valence-electron chi connectivity index (χ1n) is 7.17. The summed E-state index contributed by atoms with van der Waals surface area (Å²) in [4.78, 5) is 11.5. The van der Waals surface area contributed by atoms with Crippen LogP contribution < -0.4 is 15.4 Å². The summed E-state index contributed by atoms with van der Waals surface area (Å²) < 4.78 is 33.0. The van der Waals surface area contributed by atoms with Crippen LogP contribution in [0.15, 0.2) is 12.1 Å². The third-order valence-corrected chi connectivity index (χ3v) is 3.25. The summed E-state index contributed by atoms with van der Waals surface area (Å²) in [6.45, 7) is 4.06. The van der Waals surface area contributed by atoms with Gasteiger partial charge in [-0.1, -0.05) is 0 Å². The second-order valence-electron chi connectivity index (χ2n) is 5.20. The van der Waals surface area contributed by atoms with E-state index in [1.165, 1.54) is 19.1 Å². The molecule has 0 aliphatic heterocycles. The molecule has 1 aromatic carbocycles. The molecule has 0 aromatic heterocycles. The van der Waals surface area contributed by atoms with Crippen molar-refractivity contribution in [1.82, 2.24) is 10.6 Å². The molecule has 0 bridgehead atoms. The van der Waals surface area contributed by atoms with Crippen LogP contribution in [0.1, 0.15) is 32.3 Å². The average Bonchev–Trinajstić information content (AvgIpc) is 3.24. The molecule has 0 heterocycles. The predicted octanol–water partition coefficient (Wildman–Crippen LogP) is 2.12. The van der Waals surface area contributed by atoms with E-state index in [0.717, 1.165) is 12.8 Å². The molecular formula is C15H20F2N2O2. The molecular weight excluding hydrogens is 278 g/mol. The van der Waals surface area contributed by atoms with Gasteiger partial charge in [0.2, 0.25) is 0 Å². The highest BCUT2D eigenvalue weighted by atomic mass is 19.1. The van der Waals surface area contributed by atoms with Crippen molar-refractivity contribution in [2.75, 3.05) is 6.54 Å². The van der Waals surface area contributed by atoms with Crippen molar-refractivity contribution in [3.8, 4) is 5.75 Å². The lowest BCUT2D eigenvalue weighted by atomic mass is 10.2. The number of hydrogen-bond acceptors (Lipinski definition) is 3. The van der Waals surface area contributed by atoms with Gasteiger partial charge in [-0.25, -0.2) is 8.78 Å². The molecule has 1 unspecified atom stereocenters. The molecule has 2 rings (SSSR count). The maximum absolute atomic E-state index is 13.9. The maximum Gasteiger partial charge on any atom is 0.260 e. The normalized spacial score (nSPS) is 15.6. The first-order valence-corrected chi connectivity index (χ1v) is 7.17. The van der Waals surface area contributed by atoms with Gasteiger partial charge in [0.1, 0.15) is 0 Å². The van der Waals surface area contributed by atoms with E-state index in [4.69, 9.17) is 4.74 Å². The number of carbonyl (C=O) groups is 1. The van der Waals surface area contributed by atoms with Gasteiger partial charge in [-0.05, 0) is 44.4 Å². The molecule has 21 heavy (non-hydrogen) atoms. The lowest BCUT2D eigenvalue weighted by Crippen LogP contribution is -2.36. The lowest BCUT2D eigenvalue weighted by molar-refractivity contribution is -0.127. The minimum Gasteiger partial charge on any atom is -0.475 e. The summed E-state index contributed by atoms with van der Waals surface area (Å²) in [5.41, 5.74) is 0.523. The Morgan fingerprint density at radius 2 is 2.00 bits per heavy atom. The summed E-state index contributed by atoms with van der Waals surface area (Å²) >= 11 is 0. The monoisotopic (exact) mass is 298 g/mol. The Morgan fingerprint density at radius 3 is 2.52 bits per heavy atom. The van der Waals surface area contributed by atoms with E-state index < -0.39 is 29.4 Å².